The van der Waals surface area contributed by atoms with Crippen LogP contribution >= 0.6 is 11.3 Å². The minimum atomic E-state index is -0.00641. The maximum absolute atomic E-state index is 5.94. The van der Waals surface area contributed by atoms with Gasteiger partial charge in [0.1, 0.15) is 12.4 Å². The van der Waals surface area contributed by atoms with Crippen molar-refractivity contribution in [2.45, 2.75) is 26.5 Å². The Bertz CT molecular complexity index is 477. The van der Waals surface area contributed by atoms with Crippen LogP contribution < -0.4 is 10.5 Å². The lowest BCUT2D eigenvalue weighted by atomic mass is 10.1. The zero-order chi connectivity index (χ0) is 12.3. The van der Waals surface area contributed by atoms with Crippen molar-refractivity contribution in [3.63, 3.8) is 0 Å². The lowest BCUT2D eigenvalue weighted by molar-refractivity contribution is 0.302. The molecule has 2 rings (SSSR count). The maximum atomic E-state index is 5.94. The second-order valence-electron chi connectivity index (χ2n) is 4.25. The Morgan fingerprint density at radius 1 is 1.35 bits per heavy atom. The van der Waals surface area contributed by atoms with Gasteiger partial charge in [-0.05, 0) is 47.9 Å². The number of nitrogens with two attached hydrogens (primary N) is 1. The number of rotatable bonds is 4. The molecule has 17 heavy (non-hydrogen) atoms. The number of benzene rings is 1. The van der Waals surface area contributed by atoms with Crippen LogP contribution in [0.1, 0.15) is 29.7 Å². The van der Waals surface area contributed by atoms with Crippen molar-refractivity contribution in [2.75, 3.05) is 0 Å². The van der Waals surface area contributed by atoms with Crippen LogP contribution in [0.25, 0.3) is 0 Å². The third-order valence-electron chi connectivity index (χ3n) is 2.63. The first-order valence-corrected chi connectivity index (χ1v) is 6.61. The Morgan fingerprint density at radius 2 is 2.18 bits per heavy atom. The highest BCUT2D eigenvalue weighted by Crippen LogP contribution is 2.26. The Kier molecular flexibility index (Phi) is 3.82. The van der Waals surface area contributed by atoms with Gasteiger partial charge in [0.2, 0.25) is 0 Å². The fraction of sp³-hybridized carbons (Fsp3) is 0.286. The SMILES string of the molecule is Cc1ccc([C@H](C)N)c(OCc2ccsc2)c1. The van der Waals surface area contributed by atoms with Gasteiger partial charge < -0.3 is 10.5 Å². The summed E-state index contributed by atoms with van der Waals surface area (Å²) in [5.41, 5.74) is 9.39. The van der Waals surface area contributed by atoms with E-state index >= 15 is 0 Å². The number of aryl methyl sites for hydroxylation is 1. The molecule has 0 saturated carbocycles. The molecule has 0 aliphatic rings. The minimum absolute atomic E-state index is 0.00641. The van der Waals surface area contributed by atoms with Crippen LogP contribution in [0.2, 0.25) is 0 Å². The summed E-state index contributed by atoms with van der Waals surface area (Å²) in [7, 11) is 0. The maximum Gasteiger partial charge on any atom is 0.124 e. The molecule has 0 bridgehead atoms. The lowest BCUT2D eigenvalue weighted by Gasteiger charge is -2.14. The summed E-state index contributed by atoms with van der Waals surface area (Å²) in [6.45, 7) is 4.64. The standard InChI is InChI=1S/C14H17NOS/c1-10-3-4-13(11(2)15)14(7-10)16-8-12-5-6-17-9-12/h3-7,9,11H,8,15H2,1-2H3/t11-/m0/s1. The Hall–Kier alpha value is -1.32. The summed E-state index contributed by atoms with van der Waals surface area (Å²) in [6.07, 6.45) is 0. The average Bonchev–Trinajstić information content (AvgIpc) is 2.78. The zero-order valence-electron chi connectivity index (χ0n) is 10.1. The van der Waals surface area contributed by atoms with E-state index in [0.29, 0.717) is 6.61 Å². The molecule has 0 radical (unpaired) electrons. The highest BCUT2D eigenvalue weighted by molar-refractivity contribution is 7.07. The van der Waals surface area contributed by atoms with Crippen LogP contribution in [0.4, 0.5) is 0 Å². The number of thiophene rings is 1. The van der Waals surface area contributed by atoms with Crippen LogP contribution in [-0.2, 0) is 6.61 Å². The molecule has 0 amide bonds. The first-order valence-electron chi connectivity index (χ1n) is 5.67. The molecule has 1 heterocycles. The van der Waals surface area contributed by atoms with Gasteiger partial charge in [-0.1, -0.05) is 12.1 Å². The molecule has 0 aliphatic heterocycles. The third kappa shape index (κ3) is 3.08. The molecule has 2 nitrogen and oxygen atoms in total. The van der Waals surface area contributed by atoms with Crippen LogP contribution in [-0.4, -0.2) is 0 Å². The molecule has 2 N–H and O–H groups in total. The molecule has 0 fully saturated rings. The lowest BCUT2D eigenvalue weighted by Crippen LogP contribution is -2.08. The third-order valence-corrected chi connectivity index (χ3v) is 3.37. The van der Waals surface area contributed by atoms with Gasteiger partial charge in [0.25, 0.3) is 0 Å². The Labute approximate surface area is 106 Å². The Balaban J connectivity index is 2.16. The highest BCUT2D eigenvalue weighted by Gasteiger charge is 2.08. The summed E-state index contributed by atoms with van der Waals surface area (Å²) in [4.78, 5) is 0. The van der Waals surface area contributed by atoms with Crippen molar-refractivity contribution in [1.82, 2.24) is 0 Å². The van der Waals surface area contributed by atoms with Crippen molar-refractivity contribution in [3.8, 4) is 5.75 Å². The van der Waals surface area contributed by atoms with Crippen LogP contribution in [0, 0.1) is 6.92 Å². The van der Waals surface area contributed by atoms with Crippen molar-refractivity contribution in [3.05, 3.63) is 51.7 Å². The number of hydrogen-bond donors (Lipinski definition) is 1. The predicted octanol–water partition coefficient (Wildman–Crippen LogP) is 3.66. The monoisotopic (exact) mass is 247 g/mol. The van der Waals surface area contributed by atoms with E-state index < -0.39 is 0 Å². The van der Waals surface area contributed by atoms with Gasteiger partial charge in [-0.25, -0.2) is 0 Å². The molecule has 0 aliphatic carbocycles. The zero-order valence-corrected chi connectivity index (χ0v) is 11.0. The first kappa shape index (κ1) is 12.1. The van der Waals surface area contributed by atoms with Gasteiger partial charge in [-0.2, -0.15) is 11.3 Å². The average molecular weight is 247 g/mol. The van der Waals surface area contributed by atoms with Crippen LogP contribution in [0.3, 0.4) is 0 Å². The van der Waals surface area contributed by atoms with Crippen molar-refractivity contribution in [2.24, 2.45) is 5.73 Å². The van der Waals surface area contributed by atoms with E-state index in [9.17, 15) is 0 Å². The van der Waals surface area contributed by atoms with Crippen molar-refractivity contribution < 1.29 is 4.74 Å². The van der Waals surface area contributed by atoms with Gasteiger partial charge in [0.15, 0.2) is 0 Å². The summed E-state index contributed by atoms with van der Waals surface area (Å²) in [5, 5.41) is 4.16. The normalized spacial score (nSPS) is 12.4. The Morgan fingerprint density at radius 3 is 2.82 bits per heavy atom. The molecule has 0 saturated heterocycles. The van der Waals surface area contributed by atoms with E-state index in [0.717, 1.165) is 11.3 Å². The molecule has 1 atom stereocenters. The van der Waals surface area contributed by atoms with Gasteiger partial charge in [0.05, 0.1) is 0 Å². The van der Waals surface area contributed by atoms with Crippen molar-refractivity contribution in [1.29, 1.82) is 0 Å². The fourth-order valence-corrected chi connectivity index (χ4v) is 2.33. The van der Waals surface area contributed by atoms with Gasteiger partial charge >= 0.3 is 0 Å². The second-order valence-corrected chi connectivity index (χ2v) is 5.03. The summed E-state index contributed by atoms with van der Waals surface area (Å²) < 4.78 is 5.85. The second kappa shape index (κ2) is 5.34. The van der Waals surface area contributed by atoms with E-state index in [1.54, 1.807) is 11.3 Å². The quantitative estimate of drug-likeness (QED) is 0.895. The number of hydrogen-bond acceptors (Lipinski definition) is 3. The van der Waals surface area contributed by atoms with E-state index in [-0.39, 0.29) is 6.04 Å². The van der Waals surface area contributed by atoms with Gasteiger partial charge in [0, 0.05) is 11.6 Å². The molecule has 2 aromatic rings. The smallest absolute Gasteiger partial charge is 0.124 e. The van der Waals surface area contributed by atoms with E-state index in [2.05, 4.69) is 29.8 Å². The highest BCUT2D eigenvalue weighted by atomic mass is 32.1. The van der Waals surface area contributed by atoms with Crippen LogP contribution in [0.15, 0.2) is 35.0 Å². The van der Waals surface area contributed by atoms with Gasteiger partial charge in [-0.3, -0.25) is 0 Å². The topological polar surface area (TPSA) is 35.2 Å². The molecule has 1 aromatic heterocycles. The molecule has 1 aromatic carbocycles. The first-order chi connectivity index (χ1) is 8.16. The largest absolute Gasteiger partial charge is 0.489 e. The summed E-state index contributed by atoms with van der Waals surface area (Å²) in [5.74, 6) is 0.895. The summed E-state index contributed by atoms with van der Waals surface area (Å²) in [6, 6.07) is 8.23. The van der Waals surface area contributed by atoms with Crippen LogP contribution in [0.5, 0.6) is 5.75 Å². The van der Waals surface area contributed by atoms with Crippen molar-refractivity contribution >= 4 is 11.3 Å². The van der Waals surface area contributed by atoms with E-state index in [4.69, 9.17) is 10.5 Å². The molecule has 0 unspecified atom stereocenters. The molecule has 3 heteroatoms. The summed E-state index contributed by atoms with van der Waals surface area (Å²) >= 11 is 1.68. The van der Waals surface area contributed by atoms with E-state index in [1.807, 2.05) is 19.1 Å². The van der Waals surface area contributed by atoms with Gasteiger partial charge in [-0.15, -0.1) is 0 Å². The predicted molar refractivity (Wildman–Crippen MR) is 72.4 cm³/mol. The fourth-order valence-electron chi connectivity index (χ4n) is 1.68. The number of ether oxygens (including phenoxy) is 1. The molecular weight excluding hydrogens is 230 g/mol. The minimum Gasteiger partial charge on any atom is -0.489 e. The molecule has 90 valence electrons. The van der Waals surface area contributed by atoms with E-state index in [1.165, 1.54) is 11.1 Å². The molecular formula is C14H17NOS. The molecule has 0 spiro atoms.